The number of hydrogen-bond acceptors (Lipinski definition) is 5. The number of rotatable bonds is 1. The molecule has 0 unspecified atom stereocenters. The molecule has 24 heavy (non-hydrogen) atoms. The number of epoxide rings is 1. The van der Waals surface area contributed by atoms with Crippen LogP contribution in [0.25, 0.3) is 0 Å². The molecule has 1 saturated carbocycles. The van der Waals surface area contributed by atoms with Gasteiger partial charge in [0.05, 0.1) is 5.41 Å². The van der Waals surface area contributed by atoms with Gasteiger partial charge in [-0.1, -0.05) is 32.9 Å². The maximum Gasteiger partial charge on any atom is 0.331 e. The zero-order valence-corrected chi connectivity index (χ0v) is 14.4. The second kappa shape index (κ2) is 3.96. The number of fused-ring (bicyclic) bond motifs is 2. The Labute approximate surface area is 141 Å². The highest BCUT2D eigenvalue weighted by atomic mass is 16.7. The van der Waals surface area contributed by atoms with Gasteiger partial charge in [-0.25, -0.2) is 4.79 Å². The number of allylic oxidation sites excluding steroid dienone is 1. The fraction of sp³-hybridized carbons (Fsp3) is 0.684. The van der Waals surface area contributed by atoms with Gasteiger partial charge in [0.25, 0.3) is 0 Å². The maximum atomic E-state index is 12.6. The van der Waals surface area contributed by atoms with E-state index in [1.165, 1.54) is 0 Å². The second-order valence-corrected chi connectivity index (χ2v) is 8.65. The van der Waals surface area contributed by atoms with E-state index >= 15 is 0 Å². The summed E-state index contributed by atoms with van der Waals surface area (Å²) in [5.41, 5.74) is -0.593. The first-order valence-electron chi connectivity index (χ1n) is 8.75. The normalized spacial score (nSPS) is 53.6. The molecule has 0 aromatic heterocycles. The van der Waals surface area contributed by atoms with Crippen LogP contribution in [0.5, 0.6) is 0 Å². The predicted octanol–water partition coefficient (Wildman–Crippen LogP) is 2.16. The first kappa shape index (κ1) is 14.7. The second-order valence-electron chi connectivity index (χ2n) is 8.65. The predicted molar refractivity (Wildman–Crippen MR) is 83.7 cm³/mol. The minimum atomic E-state index is -0.648. The highest BCUT2D eigenvalue weighted by molar-refractivity contribution is 5.87. The van der Waals surface area contributed by atoms with Crippen LogP contribution in [0.2, 0.25) is 0 Å². The minimum Gasteiger partial charge on any atom is -0.458 e. The van der Waals surface area contributed by atoms with E-state index in [1.54, 1.807) is 6.08 Å². The molecular formula is C19H22O5. The number of esters is 2. The Bertz CT molecular complexity index is 736. The third kappa shape index (κ3) is 1.35. The van der Waals surface area contributed by atoms with Crippen LogP contribution in [-0.4, -0.2) is 35.9 Å². The summed E-state index contributed by atoms with van der Waals surface area (Å²) in [6.07, 6.45) is 5.64. The number of carbonyl (C=O) groups excluding carboxylic acids is 2. The highest BCUT2D eigenvalue weighted by Crippen LogP contribution is 2.71. The van der Waals surface area contributed by atoms with Gasteiger partial charge in [-0.05, 0) is 24.8 Å². The lowest BCUT2D eigenvalue weighted by atomic mass is 9.49. The zero-order valence-electron chi connectivity index (χ0n) is 14.4. The minimum absolute atomic E-state index is 0.00640. The quantitative estimate of drug-likeness (QED) is 0.419. The molecule has 3 fully saturated rings. The Morgan fingerprint density at radius 3 is 2.67 bits per heavy atom. The summed E-state index contributed by atoms with van der Waals surface area (Å²) >= 11 is 0. The molecule has 3 aliphatic heterocycles. The van der Waals surface area contributed by atoms with Gasteiger partial charge in [-0.2, -0.15) is 0 Å². The lowest BCUT2D eigenvalue weighted by molar-refractivity contribution is -0.153. The van der Waals surface area contributed by atoms with Crippen LogP contribution >= 0.6 is 0 Å². The van der Waals surface area contributed by atoms with Crippen molar-refractivity contribution in [1.29, 1.82) is 0 Å². The average molecular weight is 330 g/mol. The molecule has 2 aliphatic carbocycles. The summed E-state index contributed by atoms with van der Waals surface area (Å²) in [6.45, 7) is 8.17. The Balaban J connectivity index is 1.74. The molecule has 0 aromatic rings. The van der Waals surface area contributed by atoms with Crippen molar-refractivity contribution >= 4 is 11.9 Å². The molecule has 0 radical (unpaired) electrons. The van der Waals surface area contributed by atoms with Crippen molar-refractivity contribution in [3.05, 3.63) is 23.8 Å². The van der Waals surface area contributed by atoms with Gasteiger partial charge >= 0.3 is 11.9 Å². The molecule has 0 bridgehead atoms. The molecule has 5 heteroatoms. The molecule has 128 valence electrons. The number of cyclic esters (lactones) is 1. The van der Waals surface area contributed by atoms with Crippen LogP contribution < -0.4 is 0 Å². The zero-order chi connectivity index (χ0) is 17.1. The third-order valence-corrected chi connectivity index (χ3v) is 6.91. The first-order valence-corrected chi connectivity index (χ1v) is 8.75. The van der Waals surface area contributed by atoms with Crippen molar-refractivity contribution in [2.75, 3.05) is 0 Å². The summed E-state index contributed by atoms with van der Waals surface area (Å²) in [4.78, 5) is 24.9. The monoisotopic (exact) mass is 330 g/mol. The van der Waals surface area contributed by atoms with Crippen molar-refractivity contribution in [1.82, 2.24) is 0 Å². The van der Waals surface area contributed by atoms with E-state index in [4.69, 9.17) is 14.2 Å². The van der Waals surface area contributed by atoms with Crippen molar-refractivity contribution < 1.29 is 23.8 Å². The topological polar surface area (TPSA) is 65.1 Å². The molecule has 0 aromatic carbocycles. The van der Waals surface area contributed by atoms with Crippen LogP contribution in [0.3, 0.4) is 0 Å². The Morgan fingerprint density at radius 1 is 1.21 bits per heavy atom. The van der Waals surface area contributed by atoms with Crippen LogP contribution in [0, 0.1) is 22.7 Å². The van der Waals surface area contributed by atoms with E-state index in [1.807, 2.05) is 26.8 Å². The molecular weight excluding hydrogens is 308 g/mol. The fourth-order valence-corrected chi connectivity index (χ4v) is 5.98. The summed E-state index contributed by atoms with van der Waals surface area (Å²) in [7, 11) is 0. The van der Waals surface area contributed by atoms with Crippen LogP contribution in [0.15, 0.2) is 23.8 Å². The SMILES string of the molecule is CC(C)[C@H]1OC(=O)C=C2[C@@]13O[C@@H]3[C@H]1OC(=O)[C@]3(C)C=CC[C@@]2(C)[C@@H]13. The number of hydrogen-bond donors (Lipinski definition) is 0. The first-order chi connectivity index (χ1) is 11.2. The van der Waals surface area contributed by atoms with E-state index in [0.29, 0.717) is 0 Å². The van der Waals surface area contributed by atoms with E-state index in [-0.39, 0.29) is 47.5 Å². The Hall–Kier alpha value is -1.62. The third-order valence-electron chi connectivity index (χ3n) is 6.91. The van der Waals surface area contributed by atoms with Gasteiger partial charge in [0, 0.05) is 17.4 Å². The van der Waals surface area contributed by atoms with E-state index < -0.39 is 11.0 Å². The summed E-state index contributed by atoms with van der Waals surface area (Å²) in [5, 5.41) is 0. The highest BCUT2D eigenvalue weighted by Gasteiger charge is 2.82. The van der Waals surface area contributed by atoms with Gasteiger partial charge in [-0.3, -0.25) is 4.79 Å². The van der Waals surface area contributed by atoms with Crippen molar-refractivity contribution in [2.24, 2.45) is 22.7 Å². The van der Waals surface area contributed by atoms with Gasteiger partial charge in [-0.15, -0.1) is 0 Å². The largest absolute Gasteiger partial charge is 0.458 e. The summed E-state index contributed by atoms with van der Waals surface area (Å²) in [5.74, 6) is -0.360. The molecule has 3 heterocycles. The Kier molecular flexibility index (Phi) is 2.42. The van der Waals surface area contributed by atoms with E-state index in [0.717, 1.165) is 12.0 Å². The Morgan fingerprint density at radius 2 is 1.96 bits per heavy atom. The van der Waals surface area contributed by atoms with E-state index in [2.05, 4.69) is 13.0 Å². The van der Waals surface area contributed by atoms with Crippen molar-refractivity contribution in [3.63, 3.8) is 0 Å². The molecule has 1 spiro atoms. The molecule has 5 rings (SSSR count). The lowest BCUT2D eigenvalue weighted by Gasteiger charge is -2.52. The maximum absolute atomic E-state index is 12.6. The van der Waals surface area contributed by atoms with Gasteiger partial charge in [0.2, 0.25) is 0 Å². The number of carbonyl (C=O) groups is 2. The molecule has 7 atom stereocenters. The average Bonchev–Trinajstić information content (AvgIpc) is 3.16. The summed E-state index contributed by atoms with van der Waals surface area (Å²) < 4.78 is 17.7. The lowest BCUT2D eigenvalue weighted by Crippen LogP contribution is -2.59. The molecule has 2 saturated heterocycles. The van der Waals surface area contributed by atoms with Gasteiger partial charge in [0.15, 0.2) is 5.60 Å². The van der Waals surface area contributed by atoms with Crippen LogP contribution in [0.1, 0.15) is 34.1 Å². The molecule has 5 aliphatic rings. The van der Waals surface area contributed by atoms with Gasteiger partial charge in [0.1, 0.15) is 18.3 Å². The fourth-order valence-electron chi connectivity index (χ4n) is 5.98. The van der Waals surface area contributed by atoms with E-state index in [9.17, 15) is 9.59 Å². The van der Waals surface area contributed by atoms with Crippen LogP contribution in [0.4, 0.5) is 0 Å². The molecule has 0 N–H and O–H groups in total. The summed E-state index contributed by atoms with van der Waals surface area (Å²) in [6, 6.07) is 0. The smallest absolute Gasteiger partial charge is 0.331 e. The van der Waals surface area contributed by atoms with Crippen molar-refractivity contribution in [2.45, 2.75) is 58.0 Å². The molecule has 0 amide bonds. The standard InChI is InChI=1S/C19H22O5/c1-9(2)14-19-10(8-11(20)22-14)17(3)6-5-7-18(4)13(17)12(15(19)24-19)23-16(18)21/h5,7-9,12-15H,6H2,1-4H3/t12-,13+,14+,15+,17+,18+,19+/m0/s1. The van der Waals surface area contributed by atoms with Crippen molar-refractivity contribution in [3.8, 4) is 0 Å². The number of ether oxygens (including phenoxy) is 3. The van der Waals surface area contributed by atoms with Crippen LogP contribution in [-0.2, 0) is 23.8 Å². The van der Waals surface area contributed by atoms with Gasteiger partial charge < -0.3 is 14.2 Å². The molecule has 5 nitrogen and oxygen atoms in total.